The molecule has 0 unspecified atom stereocenters. The van der Waals surface area contributed by atoms with Crippen LogP contribution in [0.2, 0.25) is 0 Å². The van der Waals surface area contributed by atoms with Crippen LogP contribution in [-0.4, -0.2) is 4.57 Å². The summed E-state index contributed by atoms with van der Waals surface area (Å²) in [5.74, 6) is 1.12. The highest BCUT2D eigenvalue weighted by Gasteiger charge is 2.03. The van der Waals surface area contributed by atoms with E-state index in [0.29, 0.717) is 0 Å². The molecule has 0 aromatic carbocycles. The van der Waals surface area contributed by atoms with Gasteiger partial charge >= 0.3 is 0 Å². The molecule has 0 aliphatic heterocycles. The first-order valence-electron chi connectivity index (χ1n) is 2.89. The maximum absolute atomic E-state index is 3.68. The third-order valence-corrected chi connectivity index (χ3v) is 1.42. The molecule has 0 aliphatic carbocycles. The highest BCUT2D eigenvalue weighted by atomic mass is 35.5. The molecule has 0 fully saturated rings. The van der Waals surface area contributed by atoms with Gasteiger partial charge in [-0.15, -0.1) is 0 Å². The Morgan fingerprint density at radius 2 is 2.30 bits per heavy atom. The molecule has 0 aliphatic rings. The second kappa shape index (κ2) is 3.42. The predicted molar refractivity (Wildman–Crippen MR) is 36.7 cm³/mol. The summed E-state index contributed by atoms with van der Waals surface area (Å²) in [7, 11) is 3.99. The van der Waals surface area contributed by atoms with Gasteiger partial charge in [0.05, 0.1) is 14.1 Å². The number of hydrogen-bond acceptors (Lipinski definition) is 0. The summed E-state index contributed by atoms with van der Waals surface area (Å²) >= 11 is 0. The smallest absolute Gasteiger partial charge is 0.280 e. The van der Waals surface area contributed by atoms with Crippen LogP contribution < -0.4 is 17.0 Å². The summed E-state index contributed by atoms with van der Waals surface area (Å²) in [6.45, 7) is 3.68. The minimum absolute atomic E-state index is 0. The average Bonchev–Trinajstić information content (AvgIpc) is 2.12. The molecule has 0 saturated heterocycles. The zero-order valence-electron chi connectivity index (χ0n) is 6.21. The molecule has 0 N–H and O–H groups in total. The van der Waals surface area contributed by atoms with Gasteiger partial charge in [0.2, 0.25) is 0 Å². The topological polar surface area (TPSA) is 8.81 Å². The van der Waals surface area contributed by atoms with Gasteiger partial charge in [-0.1, -0.05) is 6.58 Å². The number of rotatable bonds is 1. The van der Waals surface area contributed by atoms with Crippen molar-refractivity contribution in [2.24, 2.45) is 14.1 Å². The molecule has 0 amide bonds. The van der Waals surface area contributed by atoms with Crippen LogP contribution in [0.25, 0.3) is 6.08 Å². The standard InChI is InChI=1S/C7H11N2.ClH/c1-4-7-8(2)5-6-9(7)3;/h4-6H,1H2,2-3H3;1H/q+1;/p-1. The molecule has 1 aromatic heterocycles. The Morgan fingerprint density at radius 1 is 1.70 bits per heavy atom. The molecule has 2 nitrogen and oxygen atoms in total. The van der Waals surface area contributed by atoms with Gasteiger partial charge < -0.3 is 12.4 Å². The van der Waals surface area contributed by atoms with E-state index in [1.165, 1.54) is 0 Å². The second-order valence-corrected chi connectivity index (χ2v) is 2.08. The van der Waals surface area contributed by atoms with Crippen LogP contribution in [0.1, 0.15) is 5.82 Å². The van der Waals surface area contributed by atoms with Crippen molar-refractivity contribution in [1.82, 2.24) is 4.57 Å². The molecule has 0 atom stereocenters. The van der Waals surface area contributed by atoms with Gasteiger partial charge in [0.25, 0.3) is 5.82 Å². The number of halogens is 1. The fraction of sp³-hybridized carbons (Fsp3) is 0.286. The van der Waals surface area contributed by atoms with Crippen LogP contribution in [0.5, 0.6) is 0 Å². The number of hydrogen-bond donors (Lipinski definition) is 0. The van der Waals surface area contributed by atoms with Crippen molar-refractivity contribution in [2.45, 2.75) is 0 Å². The fourth-order valence-corrected chi connectivity index (χ4v) is 0.890. The van der Waals surface area contributed by atoms with Crippen LogP contribution in [0.15, 0.2) is 19.0 Å². The van der Waals surface area contributed by atoms with Crippen molar-refractivity contribution in [3.8, 4) is 0 Å². The maximum Gasteiger partial charge on any atom is 0.280 e. The quantitative estimate of drug-likeness (QED) is 0.400. The van der Waals surface area contributed by atoms with Gasteiger partial charge in [-0.05, 0) is 0 Å². The van der Waals surface area contributed by atoms with Gasteiger partial charge in [0, 0.05) is 6.08 Å². The van der Waals surface area contributed by atoms with E-state index in [1.54, 1.807) is 0 Å². The van der Waals surface area contributed by atoms with Gasteiger partial charge in [0.15, 0.2) is 0 Å². The highest BCUT2D eigenvalue weighted by molar-refractivity contribution is 5.32. The maximum atomic E-state index is 3.68. The second-order valence-electron chi connectivity index (χ2n) is 2.08. The van der Waals surface area contributed by atoms with Gasteiger partial charge in [-0.3, -0.25) is 0 Å². The van der Waals surface area contributed by atoms with E-state index in [2.05, 4.69) is 6.58 Å². The van der Waals surface area contributed by atoms with E-state index in [-0.39, 0.29) is 12.4 Å². The van der Waals surface area contributed by atoms with E-state index in [4.69, 9.17) is 0 Å². The monoisotopic (exact) mass is 158 g/mol. The molecular weight excluding hydrogens is 148 g/mol. The minimum Gasteiger partial charge on any atom is -1.00 e. The third-order valence-electron chi connectivity index (χ3n) is 1.42. The van der Waals surface area contributed by atoms with Crippen molar-refractivity contribution < 1.29 is 17.0 Å². The molecule has 1 rings (SSSR count). The summed E-state index contributed by atoms with van der Waals surface area (Å²) in [5.41, 5.74) is 0. The van der Waals surface area contributed by atoms with Crippen molar-refractivity contribution in [1.29, 1.82) is 0 Å². The zero-order valence-corrected chi connectivity index (χ0v) is 6.97. The van der Waals surface area contributed by atoms with Gasteiger partial charge in [0.1, 0.15) is 12.4 Å². The highest BCUT2D eigenvalue weighted by Crippen LogP contribution is 1.90. The zero-order chi connectivity index (χ0) is 6.85. The Labute approximate surface area is 67.2 Å². The third kappa shape index (κ3) is 1.39. The lowest BCUT2D eigenvalue weighted by Crippen LogP contribution is -3.00. The Morgan fingerprint density at radius 3 is 2.50 bits per heavy atom. The molecule has 0 spiro atoms. The lowest BCUT2D eigenvalue weighted by atomic mass is 10.6. The molecular formula is C7H11ClN2. The van der Waals surface area contributed by atoms with Crippen LogP contribution in [0.4, 0.5) is 0 Å². The molecule has 0 radical (unpaired) electrons. The number of aromatic nitrogens is 2. The first-order valence-corrected chi connectivity index (χ1v) is 2.89. The van der Waals surface area contributed by atoms with E-state index in [1.807, 2.05) is 41.7 Å². The SMILES string of the molecule is C=Cc1n(C)cc[n+]1C.[Cl-]. The Kier molecular flexibility index (Phi) is 3.16. The lowest BCUT2D eigenvalue weighted by molar-refractivity contribution is -0.672. The predicted octanol–water partition coefficient (Wildman–Crippen LogP) is -2.50. The number of aryl methyl sites for hydroxylation is 2. The van der Waals surface area contributed by atoms with Crippen LogP contribution >= 0.6 is 0 Å². The Hall–Kier alpha value is -0.760. The summed E-state index contributed by atoms with van der Waals surface area (Å²) in [4.78, 5) is 0. The number of imidazole rings is 1. The first kappa shape index (κ1) is 9.24. The summed E-state index contributed by atoms with van der Waals surface area (Å²) < 4.78 is 4.04. The van der Waals surface area contributed by atoms with Crippen molar-refractivity contribution in [3.63, 3.8) is 0 Å². The molecule has 1 heterocycles. The molecule has 3 heteroatoms. The van der Waals surface area contributed by atoms with Gasteiger partial charge in [-0.2, -0.15) is 0 Å². The number of nitrogens with zero attached hydrogens (tertiary/aromatic N) is 2. The van der Waals surface area contributed by atoms with Crippen LogP contribution in [0, 0.1) is 0 Å². The summed E-state index contributed by atoms with van der Waals surface area (Å²) in [5, 5.41) is 0. The van der Waals surface area contributed by atoms with E-state index in [9.17, 15) is 0 Å². The average molecular weight is 159 g/mol. The normalized spacial score (nSPS) is 8.60. The van der Waals surface area contributed by atoms with Crippen molar-refractivity contribution in [2.75, 3.05) is 0 Å². The minimum atomic E-state index is 0. The molecule has 1 aromatic rings. The summed E-state index contributed by atoms with van der Waals surface area (Å²) in [6.07, 6.45) is 5.83. The molecule has 0 saturated carbocycles. The van der Waals surface area contributed by atoms with E-state index < -0.39 is 0 Å². The lowest BCUT2D eigenvalue weighted by Gasteiger charge is -1.86. The Balaban J connectivity index is 0.000000810. The largest absolute Gasteiger partial charge is 1.00 e. The Bertz CT molecular complexity index is 208. The fourth-order valence-electron chi connectivity index (χ4n) is 0.890. The summed E-state index contributed by atoms with van der Waals surface area (Å²) in [6, 6.07) is 0. The van der Waals surface area contributed by atoms with E-state index >= 15 is 0 Å². The van der Waals surface area contributed by atoms with Crippen molar-refractivity contribution in [3.05, 3.63) is 24.8 Å². The van der Waals surface area contributed by atoms with Crippen molar-refractivity contribution >= 4 is 6.08 Å². The molecule has 56 valence electrons. The first-order chi connectivity index (χ1) is 4.25. The molecule has 10 heavy (non-hydrogen) atoms. The van der Waals surface area contributed by atoms with E-state index in [0.717, 1.165) is 5.82 Å². The van der Waals surface area contributed by atoms with Crippen LogP contribution in [-0.2, 0) is 14.1 Å². The van der Waals surface area contributed by atoms with Gasteiger partial charge in [-0.25, -0.2) is 9.13 Å². The molecule has 0 bridgehead atoms. The van der Waals surface area contributed by atoms with Crippen LogP contribution in [0.3, 0.4) is 0 Å².